The summed E-state index contributed by atoms with van der Waals surface area (Å²) in [6, 6.07) is 0. The first-order chi connectivity index (χ1) is 10.5. The molecule has 0 aromatic heterocycles. The predicted octanol–water partition coefficient (Wildman–Crippen LogP) is 3.22. The monoisotopic (exact) mass is 302 g/mol. The fraction of sp³-hybridized carbons (Fsp3) is 0.500. The zero-order valence-corrected chi connectivity index (χ0v) is 13.5. The zero-order valence-electron chi connectivity index (χ0n) is 13.5. The Morgan fingerprint density at radius 3 is 2.68 bits per heavy atom. The van der Waals surface area contributed by atoms with Crippen LogP contribution in [0.2, 0.25) is 0 Å². The molecule has 1 saturated carbocycles. The van der Waals surface area contributed by atoms with Crippen molar-refractivity contribution in [2.75, 3.05) is 7.11 Å². The molecule has 2 aliphatic carbocycles. The van der Waals surface area contributed by atoms with Gasteiger partial charge in [0.2, 0.25) is 0 Å². The Morgan fingerprint density at radius 1 is 1.41 bits per heavy atom. The lowest BCUT2D eigenvalue weighted by Gasteiger charge is -2.25. The van der Waals surface area contributed by atoms with Crippen LogP contribution < -0.4 is 5.73 Å². The van der Waals surface area contributed by atoms with Crippen molar-refractivity contribution >= 4 is 5.71 Å². The van der Waals surface area contributed by atoms with Gasteiger partial charge in [-0.2, -0.15) is 0 Å². The van der Waals surface area contributed by atoms with Crippen molar-refractivity contribution in [2.24, 2.45) is 16.6 Å². The van der Waals surface area contributed by atoms with Crippen LogP contribution >= 0.6 is 0 Å². The molecule has 22 heavy (non-hydrogen) atoms. The van der Waals surface area contributed by atoms with E-state index >= 15 is 0 Å². The fourth-order valence-electron chi connectivity index (χ4n) is 3.08. The SMILES string of the molecule is C=C(C[C@H]1CC[C@H](O)CC1)/N=C1/C(OC)=C(C)C=C/C1=C/N. The van der Waals surface area contributed by atoms with Gasteiger partial charge in [-0.05, 0) is 50.5 Å². The van der Waals surface area contributed by atoms with E-state index in [4.69, 9.17) is 10.5 Å². The van der Waals surface area contributed by atoms with E-state index in [1.165, 1.54) is 0 Å². The van der Waals surface area contributed by atoms with E-state index in [2.05, 4.69) is 11.6 Å². The van der Waals surface area contributed by atoms with Crippen LogP contribution in [0.15, 0.2) is 52.5 Å². The predicted molar refractivity (Wildman–Crippen MR) is 90.3 cm³/mol. The van der Waals surface area contributed by atoms with Gasteiger partial charge in [-0.25, -0.2) is 4.99 Å². The number of hydrogen-bond acceptors (Lipinski definition) is 4. The lowest BCUT2D eigenvalue weighted by Crippen LogP contribution is -2.19. The molecular formula is C18H26N2O2. The summed E-state index contributed by atoms with van der Waals surface area (Å²) in [5.74, 6) is 1.31. The van der Waals surface area contributed by atoms with E-state index in [-0.39, 0.29) is 6.10 Å². The number of ether oxygens (including phenoxy) is 1. The minimum Gasteiger partial charge on any atom is -0.494 e. The third kappa shape index (κ3) is 3.89. The topological polar surface area (TPSA) is 67.8 Å². The molecule has 0 amide bonds. The summed E-state index contributed by atoms with van der Waals surface area (Å²) < 4.78 is 5.48. The summed E-state index contributed by atoms with van der Waals surface area (Å²) in [4.78, 5) is 4.68. The van der Waals surface area contributed by atoms with Crippen molar-refractivity contribution in [3.8, 4) is 0 Å². The van der Waals surface area contributed by atoms with Gasteiger partial charge in [-0.1, -0.05) is 18.7 Å². The summed E-state index contributed by atoms with van der Waals surface area (Å²) in [6.45, 7) is 6.09. The van der Waals surface area contributed by atoms with Crippen LogP contribution in [0.1, 0.15) is 39.0 Å². The zero-order chi connectivity index (χ0) is 16.1. The van der Waals surface area contributed by atoms with Crippen molar-refractivity contribution in [2.45, 2.75) is 45.1 Å². The largest absolute Gasteiger partial charge is 0.494 e. The van der Waals surface area contributed by atoms with Crippen LogP contribution in [0.4, 0.5) is 0 Å². The first-order valence-corrected chi connectivity index (χ1v) is 7.85. The number of nitrogens with two attached hydrogens (primary N) is 1. The van der Waals surface area contributed by atoms with Crippen LogP contribution in [0, 0.1) is 5.92 Å². The Balaban J connectivity index is 2.12. The Kier molecular flexibility index (Phi) is 5.61. The van der Waals surface area contributed by atoms with Crippen LogP contribution in [0.5, 0.6) is 0 Å². The molecule has 2 aliphatic rings. The Morgan fingerprint density at radius 2 is 2.09 bits per heavy atom. The molecule has 0 aliphatic heterocycles. The van der Waals surface area contributed by atoms with Crippen molar-refractivity contribution in [3.05, 3.63) is 47.5 Å². The van der Waals surface area contributed by atoms with E-state index in [0.29, 0.717) is 5.92 Å². The number of aliphatic hydroxyl groups excluding tert-OH is 1. The van der Waals surface area contributed by atoms with Gasteiger partial charge in [-0.15, -0.1) is 0 Å². The van der Waals surface area contributed by atoms with Gasteiger partial charge in [0.1, 0.15) is 11.5 Å². The van der Waals surface area contributed by atoms with Gasteiger partial charge >= 0.3 is 0 Å². The van der Waals surface area contributed by atoms with E-state index < -0.39 is 0 Å². The first kappa shape index (κ1) is 16.6. The van der Waals surface area contributed by atoms with Crippen LogP contribution in [0.3, 0.4) is 0 Å². The number of hydrogen-bond donors (Lipinski definition) is 2. The van der Waals surface area contributed by atoms with E-state index in [1.54, 1.807) is 13.3 Å². The molecule has 0 bridgehead atoms. The molecule has 2 rings (SSSR count). The molecule has 1 fully saturated rings. The van der Waals surface area contributed by atoms with E-state index in [9.17, 15) is 5.11 Å². The van der Waals surface area contributed by atoms with Crippen LogP contribution in [0.25, 0.3) is 0 Å². The molecule has 0 saturated heterocycles. The summed E-state index contributed by atoms with van der Waals surface area (Å²) >= 11 is 0. The third-order valence-corrected chi connectivity index (χ3v) is 4.35. The third-order valence-electron chi connectivity index (χ3n) is 4.35. The molecule has 0 aromatic carbocycles. The van der Waals surface area contributed by atoms with Crippen molar-refractivity contribution in [3.63, 3.8) is 0 Å². The molecule has 120 valence electrons. The molecule has 0 radical (unpaired) electrons. The highest BCUT2D eigenvalue weighted by Crippen LogP contribution is 2.30. The Hall–Kier alpha value is -1.81. The maximum atomic E-state index is 9.58. The average molecular weight is 302 g/mol. The number of aliphatic imine (C=N–C) groups is 1. The maximum Gasteiger partial charge on any atom is 0.148 e. The summed E-state index contributed by atoms with van der Waals surface area (Å²) in [7, 11) is 1.65. The molecular weight excluding hydrogens is 276 g/mol. The van der Waals surface area contributed by atoms with Gasteiger partial charge < -0.3 is 15.6 Å². The van der Waals surface area contributed by atoms with Crippen LogP contribution in [-0.2, 0) is 4.74 Å². The highest BCUT2D eigenvalue weighted by molar-refractivity contribution is 6.15. The molecule has 0 spiro atoms. The second kappa shape index (κ2) is 7.45. The van der Waals surface area contributed by atoms with Gasteiger partial charge in [-0.3, -0.25) is 0 Å². The molecule has 4 heteroatoms. The molecule has 0 atom stereocenters. The average Bonchev–Trinajstić information content (AvgIpc) is 2.50. The van der Waals surface area contributed by atoms with Crippen molar-refractivity contribution in [1.82, 2.24) is 0 Å². The molecule has 3 N–H and O–H groups in total. The lowest BCUT2D eigenvalue weighted by molar-refractivity contribution is 0.108. The van der Waals surface area contributed by atoms with Gasteiger partial charge in [0, 0.05) is 17.5 Å². The quantitative estimate of drug-likeness (QED) is 0.838. The lowest BCUT2D eigenvalue weighted by atomic mass is 9.85. The number of nitrogens with zero attached hydrogens (tertiary/aromatic N) is 1. The van der Waals surface area contributed by atoms with E-state index in [1.807, 2.05) is 19.1 Å². The van der Waals surface area contributed by atoms with Gasteiger partial charge in [0.25, 0.3) is 0 Å². The molecule has 4 nitrogen and oxygen atoms in total. The smallest absolute Gasteiger partial charge is 0.148 e. The summed E-state index contributed by atoms with van der Waals surface area (Å²) in [6.07, 6.45) is 10.0. The van der Waals surface area contributed by atoms with Crippen molar-refractivity contribution in [1.29, 1.82) is 0 Å². The Bertz CT molecular complexity index is 547. The minimum atomic E-state index is -0.128. The van der Waals surface area contributed by atoms with Crippen molar-refractivity contribution < 1.29 is 9.84 Å². The normalized spacial score (nSPS) is 29.2. The molecule has 0 aromatic rings. The number of methoxy groups -OCH3 is 1. The Labute approximate surface area is 132 Å². The minimum absolute atomic E-state index is 0.128. The molecule has 0 unspecified atom stereocenters. The van der Waals surface area contributed by atoms with E-state index in [0.717, 1.165) is 60.4 Å². The fourth-order valence-corrected chi connectivity index (χ4v) is 3.08. The highest BCUT2D eigenvalue weighted by atomic mass is 16.5. The number of allylic oxidation sites excluding steroid dienone is 5. The second-order valence-electron chi connectivity index (χ2n) is 6.08. The first-order valence-electron chi connectivity index (χ1n) is 7.85. The second-order valence-corrected chi connectivity index (χ2v) is 6.08. The maximum absolute atomic E-state index is 9.58. The van der Waals surface area contributed by atoms with Gasteiger partial charge in [0.15, 0.2) is 0 Å². The summed E-state index contributed by atoms with van der Waals surface area (Å²) in [5, 5.41) is 9.58. The molecule has 0 heterocycles. The highest BCUT2D eigenvalue weighted by Gasteiger charge is 2.22. The van der Waals surface area contributed by atoms with Crippen LogP contribution in [-0.4, -0.2) is 24.0 Å². The summed E-state index contributed by atoms with van der Waals surface area (Å²) in [5.41, 5.74) is 9.18. The van der Waals surface area contributed by atoms with Gasteiger partial charge in [0.05, 0.1) is 13.2 Å². The number of aliphatic hydroxyl groups is 1. The standard InChI is InChI=1S/C18H26N2O2/c1-12-4-7-15(11-19)17(18(12)22-3)20-13(2)10-14-5-8-16(21)9-6-14/h4,7,11,14,16,21H,2,5-6,8-10,19H2,1,3H3/b15-11-,20-17+/t14-,16-. The number of rotatable bonds is 4.